The molecule has 21 heavy (non-hydrogen) atoms. The van der Waals surface area contributed by atoms with E-state index in [-0.39, 0.29) is 17.5 Å². The molecule has 9 heteroatoms. The highest BCUT2D eigenvalue weighted by Gasteiger charge is 2.11. The van der Waals surface area contributed by atoms with Crippen molar-refractivity contribution in [2.75, 3.05) is 19.0 Å². The molecular formula is C12H11ClFN3O2S2. The minimum atomic E-state index is -0.426. The van der Waals surface area contributed by atoms with E-state index in [1.807, 2.05) is 0 Å². The third-order valence-corrected chi connectivity index (χ3v) is 4.62. The van der Waals surface area contributed by atoms with E-state index >= 15 is 0 Å². The van der Waals surface area contributed by atoms with Crippen LogP contribution in [0.15, 0.2) is 22.5 Å². The molecule has 5 nitrogen and oxygen atoms in total. The van der Waals surface area contributed by atoms with Crippen molar-refractivity contribution < 1.29 is 13.9 Å². The van der Waals surface area contributed by atoms with E-state index in [9.17, 15) is 9.18 Å². The van der Waals surface area contributed by atoms with Crippen LogP contribution in [0.25, 0.3) is 0 Å². The summed E-state index contributed by atoms with van der Waals surface area (Å²) in [5.41, 5.74) is 0.493. The lowest BCUT2D eigenvalue weighted by atomic mass is 10.2. The number of hydrogen-bond acceptors (Lipinski definition) is 6. The highest BCUT2D eigenvalue weighted by Crippen LogP contribution is 2.30. The van der Waals surface area contributed by atoms with Gasteiger partial charge in [-0.25, -0.2) is 4.39 Å². The first kappa shape index (κ1) is 16.2. The van der Waals surface area contributed by atoms with E-state index in [2.05, 4.69) is 15.5 Å². The lowest BCUT2D eigenvalue weighted by Gasteiger charge is -2.02. The predicted molar refractivity (Wildman–Crippen MR) is 81.4 cm³/mol. The lowest BCUT2D eigenvalue weighted by Crippen LogP contribution is -2.16. The fraction of sp³-hybridized carbons (Fsp3) is 0.250. The van der Waals surface area contributed by atoms with Gasteiger partial charge in [0.15, 0.2) is 4.34 Å². The molecule has 2 rings (SSSR count). The van der Waals surface area contributed by atoms with E-state index in [1.165, 1.54) is 36.3 Å². The second kappa shape index (κ2) is 7.69. The number of methoxy groups -OCH3 is 1. The molecule has 0 spiro atoms. The van der Waals surface area contributed by atoms with Gasteiger partial charge in [0.2, 0.25) is 5.13 Å². The maximum atomic E-state index is 13.7. The molecule has 2 aromatic rings. The summed E-state index contributed by atoms with van der Waals surface area (Å²) in [6.45, 7) is -0.0459. The van der Waals surface area contributed by atoms with Crippen LogP contribution in [-0.4, -0.2) is 29.8 Å². The number of amides is 1. The zero-order chi connectivity index (χ0) is 15.2. The van der Waals surface area contributed by atoms with Crippen LogP contribution in [0.1, 0.15) is 5.56 Å². The number of halogens is 2. The summed E-state index contributed by atoms with van der Waals surface area (Å²) in [6.07, 6.45) is 0. The molecule has 0 aliphatic heterocycles. The van der Waals surface area contributed by atoms with Gasteiger partial charge in [-0.2, -0.15) is 0 Å². The molecule has 0 atom stereocenters. The van der Waals surface area contributed by atoms with E-state index in [0.29, 0.717) is 20.8 Å². The number of anilines is 1. The summed E-state index contributed by atoms with van der Waals surface area (Å²) in [7, 11) is 1.43. The zero-order valence-corrected chi connectivity index (χ0v) is 13.3. The predicted octanol–water partition coefficient (Wildman–Crippen LogP) is 3.21. The largest absolute Gasteiger partial charge is 0.375 e. The zero-order valence-electron chi connectivity index (χ0n) is 10.9. The Bertz CT molecular complexity index is 639. The summed E-state index contributed by atoms with van der Waals surface area (Å²) in [5, 5.41) is 10.8. The summed E-state index contributed by atoms with van der Waals surface area (Å²) in [4.78, 5) is 11.3. The molecule has 0 fully saturated rings. The van der Waals surface area contributed by atoms with Crippen molar-refractivity contribution >= 4 is 45.7 Å². The molecule has 0 aliphatic carbocycles. The third-order valence-electron chi connectivity index (χ3n) is 2.31. The second-order valence-electron chi connectivity index (χ2n) is 3.86. The van der Waals surface area contributed by atoms with Crippen molar-refractivity contribution in [3.05, 3.63) is 34.6 Å². The topological polar surface area (TPSA) is 64.1 Å². The van der Waals surface area contributed by atoms with Crippen LogP contribution < -0.4 is 5.32 Å². The molecule has 0 saturated carbocycles. The van der Waals surface area contributed by atoms with Crippen LogP contribution in [0, 0.1) is 5.82 Å². The van der Waals surface area contributed by atoms with Gasteiger partial charge >= 0.3 is 0 Å². The number of rotatable bonds is 6. The fourth-order valence-electron chi connectivity index (χ4n) is 1.40. The van der Waals surface area contributed by atoms with E-state index in [1.54, 1.807) is 12.1 Å². The number of aromatic nitrogens is 2. The van der Waals surface area contributed by atoms with Crippen LogP contribution in [-0.2, 0) is 15.3 Å². The Balaban J connectivity index is 1.94. The van der Waals surface area contributed by atoms with E-state index < -0.39 is 5.82 Å². The Morgan fingerprint density at radius 2 is 2.33 bits per heavy atom. The SMILES string of the molecule is COCC(=O)Nc1nnc(SCc2cccc(Cl)c2F)s1. The van der Waals surface area contributed by atoms with E-state index in [4.69, 9.17) is 16.3 Å². The molecule has 112 valence electrons. The molecule has 0 bridgehead atoms. The summed E-state index contributed by atoms with van der Waals surface area (Å²) in [5.74, 6) is -0.344. The number of nitrogens with one attached hydrogen (secondary N) is 1. The average Bonchev–Trinajstić information content (AvgIpc) is 2.88. The van der Waals surface area contributed by atoms with Crippen LogP contribution in [0.3, 0.4) is 0 Å². The molecule has 0 radical (unpaired) electrons. The molecule has 0 saturated heterocycles. The summed E-state index contributed by atoms with van der Waals surface area (Å²) >= 11 is 8.25. The summed E-state index contributed by atoms with van der Waals surface area (Å²) < 4.78 is 19.0. The van der Waals surface area contributed by atoms with Crippen molar-refractivity contribution in [3.63, 3.8) is 0 Å². The van der Waals surface area contributed by atoms with Crippen molar-refractivity contribution in [2.45, 2.75) is 10.1 Å². The molecular weight excluding hydrogens is 337 g/mol. The third kappa shape index (κ3) is 4.63. The Morgan fingerprint density at radius 1 is 1.52 bits per heavy atom. The van der Waals surface area contributed by atoms with Crippen molar-refractivity contribution in [1.82, 2.24) is 10.2 Å². The number of carbonyl (C=O) groups is 1. The number of hydrogen-bond donors (Lipinski definition) is 1. The Hall–Kier alpha value is -1.22. The average molecular weight is 348 g/mol. The molecule has 1 aromatic carbocycles. The number of thioether (sulfide) groups is 1. The van der Waals surface area contributed by atoms with Gasteiger partial charge in [0.25, 0.3) is 5.91 Å². The van der Waals surface area contributed by atoms with Gasteiger partial charge in [-0.15, -0.1) is 10.2 Å². The summed E-state index contributed by atoms with van der Waals surface area (Å²) in [6, 6.07) is 4.85. The monoisotopic (exact) mass is 347 g/mol. The fourth-order valence-corrected chi connectivity index (χ4v) is 3.34. The maximum absolute atomic E-state index is 13.7. The van der Waals surface area contributed by atoms with Crippen LogP contribution in [0.5, 0.6) is 0 Å². The van der Waals surface area contributed by atoms with Crippen molar-refractivity contribution in [3.8, 4) is 0 Å². The van der Waals surface area contributed by atoms with Gasteiger partial charge < -0.3 is 4.74 Å². The van der Waals surface area contributed by atoms with Crippen LogP contribution in [0.4, 0.5) is 9.52 Å². The first-order valence-corrected chi connectivity index (χ1v) is 7.96. The first-order chi connectivity index (χ1) is 10.1. The number of nitrogens with zero attached hydrogens (tertiary/aromatic N) is 2. The quantitative estimate of drug-likeness (QED) is 0.642. The van der Waals surface area contributed by atoms with Gasteiger partial charge in [-0.3, -0.25) is 10.1 Å². The minimum Gasteiger partial charge on any atom is -0.375 e. The van der Waals surface area contributed by atoms with Crippen LogP contribution in [0.2, 0.25) is 5.02 Å². The van der Waals surface area contributed by atoms with Gasteiger partial charge in [-0.05, 0) is 11.6 Å². The maximum Gasteiger partial charge on any atom is 0.252 e. The minimum absolute atomic E-state index is 0.0459. The van der Waals surface area contributed by atoms with Crippen LogP contribution >= 0.6 is 34.7 Å². The Morgan fingerprint density at radius 3 is 3.10 bits per heavy atom. The Kier molecular flexibility index (Phi) is 5.92. The smallest absolute Gasteiger partial charge is 0.252 e. The lowest BCUT2D eigenvalue weighted by molar-refractivity contribution is -0.119. The molecule has 1 N–H and O–H groups in total. The van der Waals surface area contributed by atoms with Gasteiger partial charge in [0.05, 0.1) is 5.02 Å². The normalized spacial score (nSPS) is 10.6. The number of carbonyl (C=O) groups excluding carboxylic acids is 1. The standard InChI is InChI=1S/C12H11ClFN3O2S2/c1-19-5-9(18)15-11-16-17-12(21-11)20-6-7-3-2-4-8(13)10(7)14/h2-4H,5-6H2,1H3,(H,15,16,18). The number of benzene rings is 1. The molecule has 1 amide bonds. The molecule has 0 unspecified atom stereocenters. The molecule has 1 aromatic heterocycles. The first-order valence-electron chi connectivity index (χ1n) is 5.78. The van der Waals surface area contributed by atoms with Gasteiger partial charge in [0, 0.05) is 12.9 Å². The van der Waals surface area contributed by atoms with Gasteiger partial charge in [0.1, 0.15) is 12.4 Å². The molecule has 0 aliphatic rings. The van der Waals surface area contributed by atoms with Crippen molar-refractivity contribution in [2.24, 2.45) is 0 Å². The highest BCUT2D eigenvalue weighted by molar-refractivity contribution is 8.00. The highest BCUT2D eigenvalue weighted by atomic mass is 35.5. The van der Waals surface area contributed by atoms with E-state index in [0.717, 1.165) is 0 Å². The van der Waals surface area contributed by atoms with Gasteiger partial charge in [-0.1, -0.05) is 46.8 Å². The second-order valence-corrected chi connectivity index (χ2v) is 6.46. The number of ether oxygens (including phenoxy) is 1. The Labute approximate surface area is 133 Å². The van der Waals surface area contributed by atoms with Crippen molar-refractivity contribution in [1.29, 1.82) is 0 Å². The molecule has 1 heterocycles.